The highest BCUT2D eigenvalue weighted by Gasteiger charge is 1.87. The van der Waals surface area contributed by atoms with Crippen molar-refractivity contribution in [3.8, 4) is 0 Å². The number of allylic oxidation sites excluding steroid dienone is 1. The summed E-state index contributed by atoms with van der Waals surface area (Å²) in [5.74, 6) is 0.902. The van der Waals surface area contributed by atoms with Crippen molar-refractivity contribution in [3.05, 3.63) is 24.2 Å². The molecule has 0 aliphatic rings. The van der Waals surface area contributed by atoms with Crippen molar-refractivity contribution in [1.29, 1.82) is 0 Å². The lowest BCUT2D eigenvalue weighted by Gasteiger charge is -1.91. The number of rotatable bonds is 2. The number of nitrogens with zero attached hydrogens (tertiary/aromatic N) is 2. The average Bonchev–Trinajstić information content (AvgIpc) is 2.04. The third-order valence-electron chi connectivity index (χ3n) is 1.07. The van der Waals surface area contributed by atoms with Crippen molar-refractivity contribution in [2.24, 2.45) is 0 Å². The summed E-state index contributed by atoms with van der Waals surface area (Å²) in [6, 6.07) is 0. The van der Waals surface area contributed by atoms with Gasteiger partial charge in [-0.3, -0.25) is 4.98 Å². The third-order valence-corrected chi connectivity index (χ3v) is 1.25. The summed E-state index contributed by atoms with van der Waals surface area (Å²) in [7, 11) is 0. The van der Waals surface area contributed by atoms with Crippen LogP contribution in [0.3, 0.4) is 0 Å². The molecule has 0 saturated carbocycles. The van der Waals surface area contributed by atoms with Gasteiger partial charge in [-0.05, 0) is 6.08 Å². The monoisotopic (exact) mass is 169 g/mol. The fourth-order valence-corrected chi connectivity index (χ4v) is 0.688. The maximum Gasteiger partial charge on any atom is 0.141 e. The molecule has 11 heavy (non-hydrogen) atoms. The van der Waals surface area contributed by atoms with Crippen LogP contribution in [0.25, 0.3) is 6.08 Å². The van der Waals surface area contributed by atoms with Gasteiger partial charge >= 0.3 is 0 Å². The average molecular weight is 170 g/mol. The molecule has 0 unspecified atom stereocenters. The molecule has 2 N–H and O–H groups in total. The quantitative estimate of drug-likeness (QED) is 0.680. The second kappa shape index (κ2) is 3.93. The number of hydrogen-bond donors (Lipinski definition) is 1. The molecule has 0 amide bonds. The Morgan fingerprint density at radius 2 is 2.27 bits per heavy atom. The second-order valence-corrected chi connectivity index (χ2v) is 2.23. The summed E-state index contributed by atoms with van der Waals surface area (Å²) >= 11 is 5.42. The first kappa shape index (κ1) is 8.01. The highest BCUT2D eigenvalue weighted by Crippen LogP contribution is 1.98. The minimum atomic E-state index is 0.424. The molecule has 4 heteroatoms. The van der Waals surface area contributed by atoms with Crippen LogP contribution in [0.2, 0.25) is 0 Å². The van der Waals surface area contributed by atoms with E-state index in [0.29, 0.717) is 11.7 Å². The topological polar surface area (TPSA) is 51.8 Å². The molecular formula is C7H8ClN3. The highest BCUT2D eigenvalue weighted by molar-refractivity contribution is 6.19. The van der Waals surface area contributed by atoms with Crippen LogP contribution in [0.1, 0.15) is 5.69 Å². The fraction of sp³-hybridized carbons (Fsp3) is 0.143. The van der Waals surface area contributed by atoms with E-state index in [4.69, 9.17) is 17.3 Å². The summed E-state index contributed by atoms with van der Waals surface area (Å²) in [4.78, 5) is 7.84. The van der Waals surface area contributed by atoms with Crippen LogP contribution in [-0.2, 0) is 0 Å². The van der Waals surface area contributed by atoms with E-state index in [1.54, 1.807) is 18.3 Å². The summed E-state index contributed by atoms with van der Waals surface area (Å²) in [5, 5.41) is 0. The van der Waals surface area contributed by atoms with E-state index < -0.39 is 0 Å². The number of anilines is 1. The van der Waals surface area contributed by atoms with Gasteiger partial charge in [-0.2, -0.15) is 0 Å². The maximum atomic E-state index is 5.42. The van der Waals surface area contributed by atoms with Crippen LogP contribution >= 0.6 is 11.6 Å². The van der Waals surface area contributed by atoms with Gasteiger partial charge < -0.3 is 5.73 Å². The molecule has 3 nitrogen and oxygen atoms in total. The molecule has 0 atom stereocenters. The van der Waals surface area contributed by atoms with Crippen molar-refractivity contribution in [1.82, 2.24) is 9.97 Å². The van der Waals surface area contributed by atoms with E-state index in [-0.39, 0.29) is 0 Å². The van der Waals surface area contributed by atoms with Gasteiger partial charge in [-0.1, -0.05) is 6.08 Å². The van der Waals surface area contributed by atoms with E-state index in [0.717, 1.165) is 5.69 Å². The minimum Gasteiger partial charge on any atom is -0.382 e. The summed E-state index contributed by atoms with van der Waals surface area (Å²) in [5.41, 5.74) is 6.10. The second-order valence-electron chi connectivity index (χ2n) is 1.92. The van der Waals surface area contributed by atoms with Crippen molar-refractivity contribution >= 4 is 23.5 Å². The zero-order valence-corrected chi connectivity index (χ0v) is 6.62. The number of halogens is 1. The van der Waals surface area contributed by atoms with Crippen molar-refractivity contribution in [3.63, 3.8) is 0 Å². The Balaban J connectivity index is 2.73. The van der Waals surface area contributed by atoms with E-state index in [1.807, 2.05) is 0 Å². The Kier molecular flexibility index (Phi) is 2.86. The maximum absolute atomic E-state index is 5.42. The Hall–Kier alpha value is -1.09. The zero-order chi connectivity index (χ0) is 8.10. The molecule has 0 aliphatic heterocycles. The lowest BCUT2D eigenvalue weighted by Crippen LogP contribution is -1.91. The Bertz CT molecular complexity index is 242. The standard InChI is InChI=1S/C7H8ClN3/c8-3-1-2-6-4-11-7(9)5-10-6/h1-2,4-5H,3H2,(H2,9,11). The number of aromatic nitrogens is 2. The predicted molar refractivity (Wildman–Crippen MR) is 46.2 cm³/mol. The molecule has 0 spiro atoms. The molecule has 0 fully saturated rings. The number of nitrogen functional groups attached to an aromatic ring is 1. The van der Waals surface area contributed by atoms with Crippen LogP contribution in [0.15, 0.2) is 18.5 Å². The van der Waals surface area contributed by atoms with Crippen molar-refractivity contribution in [2.45, 2.75) is 0 Å². The molecule has 0 aliphatic carbocycles. The third kappa shape index (κ3) is 2.55. The van der Waals surface area contributed by atoms with Crippen LogP contribution in [0, 0.1) is 0 Å². The number of hydrogen-bond acceptors (Lipinski definition) is 3. The Labute approximate surface area is 69.9 Å². The molecule has 0 aromatic carbocycles. The van der Waals surface area contributed by atoms with Gasteiger partial charge in [-0.15, -0.1) is 11.6 Å². The zero-order valence-electron chi connectivity index (χ0n) is 5.87. The van der Waals surface area contributed by atoms with E-state index in [2.05, 4.69) is 9.97 Å². The van der Waals surface area contributed by atoms with Crippen LogP contribution in [0.5, 0.6) is 0 Å². The molecule has 1 rings (SSSR count). The summed E-state index contributed by atoms with van der Waals surface area (Å²) in [6.07, 6.45) is 6.69. The normalized spacial score (nSPS) is 10.6. The molecule has 1 heterocycles. The first-order chi connectivity index (χ1) is 5.33. The van der Waals surface area contributed by atoms with Crippen LogP contribution < -0.4 is 5.73 Å². The molecule has 1 aromatic rings. The van der Waals surface area contributed by atoms with Gasteiger partial charge in [0.05, 0.1) is 18.1 Å². The number of nitrogens with two attached hydrogens (primary N) is 1. The molecule has 1 aromatic heterocycles. The van der Waals surface area contributed by atoms with Crippen LogP contribution in [-0.4, -0.2) is 15.8 Å². The minimum absolute atomic E-state index is 0.424. The largest absolute Gasteiger partial charge is 0.382 e. The Morgan fingerprint density at radius 1 is 1.45 bits per heavy atom. The van der Waals surface area contributed by atoms with E-state index >= 15 is 0 Å². The van der Waals surface area contributed by atoms with Gasteiger partial charge in [0.15, 0.2) is 0 Å². The van der Waals surface area contributed by atoms with E-state index in [9.17, 15) is 0 Å². The first-order valence-corrected chi connectivity index (χ1v) is 3.66. The van der Waals surface area contributed by atoms with Gasteiger partial charge in [0.25, 0.3) is 0 Å². The van der Waals surface area contributed by atoms with E-state index in [1.165, 1.54) is 6.20 Å². The van der Waals surface area contributed by atoms with Gasteiger partial charge in [0, 0.05) is 5.88 Å². The van der Waals surface area contributed by atoms with Gasteiger partial charge in [0.1, 0.15) is 5.82 Å². The van der Waals surface area contributed by atoms with Gasteiger partial charge in [0.2, 0.25) is 0 Å². The molecule has 0 radical (unpaired) electrons. The Morgan fingerprint density at radius 3 is 2.82 bits per heavy atom. The van der Waals surface area contributed by atoms with Gasteiger partial charge in [-0.25, -0.2) is 4.98 Å². The number of alkyl halides is 1. The lowest BCUT2D eigenvalue weighted by molar-refractivity contribution is 1.19. The smallest absolute Gasteiger partial charge is 0.141 e. The molecular weight excluding hydrogens is 162 g/mol. The summed E-state index contributed by atoms with van der Waals surface area (Å²) < 4.78 is 0. The lowest BCUT2D eigenvalue weighted by atomic mass is 10.4. The fourth-order valence-electron chi connectivity index (χ4n) is 0.599. The molecule has 0 saturated heterocycles. The SMILES string of the molecule is Nc1cnc(C=CCCl)cn1. The summed E-state index contributed by atoms with van der Waals surface area (Å²) in [6.45, 7) is 0. The molecule has 0 bridgehead atoms. The first-order valence-electron chi connectivity index (χ1n) is 3.13. The highest BCUT2D eigenvalue weighted by atomic mass is 35.5. The van der Waals surface area contributed by atoms with Crippen molar-refractivity contribution < 1.29 is 0 Å². The predicted octanol–water partition coefficient (Wildman–Crippen LogP) is 1.31. The van der Waals surface area contributed by atoms with Crippen molar-refractivity contribution in [2.75, 3.05) is 11.6 Å². The molecule has 58 valence electrons. The van der Waals surface area contributed by atoms with Crippen LogP contribution in [0.4, 0.5) is 5.82 Å².